The molecule has 1 aromatic heterocycles. The van der Waals surface area contributed by atoms with Gasteiger partial charge in [-0.2, -0.15) is 0 Å². The Morgan fingerprint density at radius 3 is 2.37 bits per heavy atom. The molecule has 0 aliphatic rings. The van der Waals surface area contributed by atoms with Gasteiger partial charge in [-0.25, -0.2) is 13.1 Å². The molecule has 0 radical (unpaired) electrons. The molecule has 0 unspecified atom stereocenters. The number of hydrogen-bond acceptors (Lipinski definition) is 4. The van der Waals surface area contributed by atoms with Crippen molar-refractivity contribution in [2.24, 2.45) is 0 Å². The van der Waals surface area contributed by atoms with Crippen LogP contribution in [-0.2, 0) is 14.8 Å². The Bertz CT molecular complexity index is 705. The van der Waals surface area contributed by atoms with E-state index >= 15 is 0 Å². The van der Waals surface area contributed by atoms with Gasteiger partial charge < -0.3 is 0 Å². The van der Waals surface area contributed by atoms with Gasteiger partial charge in [-0.05, 0) is 29.8 Å². The van der Waals surface area contributed by atoms with Gasteiger partial charge in [0.1, 0.15) is 4.21 Å². The van der Waals surface area contributed by atoms with Crippen molar-refractivity contribution in [1.82, 2.24) is 4.72 Å². The summed E-state index contributed by atoms with van der Waals surface area (Å²) in [5.41, 5.74) is 0.874. The van der Waals surface area contributed by atoms with Crippen LogP contribution >= 0.6 is 22.9 Å². The smallest absolute Gasteiger partial charge is 0.273 e. The fourth-order valence-electron chi connectivity index (χ4n) is 1.47. The van der Waals surface area contributed by atoms with E-state index in [1.807, 2.05) is 16.9 Å². The van der Waals surface area contributed by atoms with Crippen molar-refractivity contribution >= 4 is 38.9 Å². The van der Waals surface area contributed by atoms with Crippen LogP contribution in [0.3, 0.4) is 0 Å². The Kier molecular flexibility index (Phi) is 3.93. The SMILES string of the molecule is CC(=O)NS(=O)(=O)c1ccc(-c2ccc(Cl)cc2)s1. The number of nitrogens with one attached hydrogen (secondary N) is 1. The minimum atomic E-state index is -3.76. The molecule has 7 heteroatoms. The fourth-order valence-corrected chi connectivity index (χ4v) is 3.90. The first-order valence-corrected chi connectivity index (χ1v) is 7.95. The lowest BCUT2D eigenvalue weighted by Crippen LogP contribution is -2.27. The summed E-state index contributed by atoms with van der Waals surface area (Å²) in [6, 6.07) is 10.3. The van der Waals surface area contributed by atoms with Gasteiger partial charge in [0.2, 0.25) is 5.91 Å². The van der Waals surface area contributed by atoms with Gasteiger partial charge in [-0.3, -0.25) is 4.79 Å². The zero-order valence-electron chi connectivity index (χ0n) is 9.88. The van der Waals surface area contributed by atoms with Crippen LogP contribution in [0.15, 0.2) is 40.6 Å². The van der Waals surface area contributed by atoms with E-state index in [0.717, 1.165) is 28.7 Å². The molecule has 1 heterocycles. The van der Waals surface area contributed by atoms with Crippen LogP contribution < -0.4 is 4.72 Å². The highest BCUT2D eigenvalue weighted by Gasteiger charge is 2.18. The second kappa shape index (κ2) is 5.32. The molecule has 0 atom stereocenters. The third kappa shape index (κ3) is 3.34. The lowest BCUT2D eigenvalue weighted by molar-refractivity contribution is -0.117. The summed E-state index contributed by atoms with van der Waals surface area (Å²) in [6.45, 7) is 1.16. The van der Waals surface area contributed by atoms with Crippen molar-refractivity contribution in [2.45, 2.75) is 11.1 Å². The maximum atomic E-state index is 11.8. The standard InChI is InChI=1S/C12H10ClNO3S2/c1-8(15)14-19(16,17)12-7-6-11(18-12)9-2-4-10(13)5-3-9/h2-7H,1H3,(H,14,15). The molecule has 2 aromatic rings. The highest BCUT2D eigenvalue weighted by Crippen LogP contribution is 2.31. The quantitative estimate of drug-likeness (QED) is 0.947. The monoisotopic (exact) mass is 315 g/mol. The normalized spacial score (nSPS) is 11.3. The molecule has 1 amide bonds. The van der Waals surface area contributed by atoms with Crippen LogP contribution in [0.5, 0.6) is 0 Å². The molecule has 0 spiro atoms. The zero-order valence-corrected chi connectivity index (χ0v) is 12.3. The number of hydrogen-bond donors (Lipinski definition) is 1. The van der Waals surface area contributed by atoms with E-state index in [4.69, 9.17) is 11.6 Å². The first-order chi connectivity index (χ1) is 8.88. The lowest BCUT2D eigenvalue weighted by Gasteiger charge is -2.00. The van der Waals surface area contributed by atoms with Gasteiger partial charge in [0, 0.05) is 16.8 Å². The number of sulfonamides is 1. The molecule has 0 aliphatic heterocycles. The van der Waals surface area contributed by atoms with E-state index < -0.39 is 15.9 Å². The van der Waals surface area contributed by atoms with Crippen LogP contribution in [0.4, 0.5) is 0 Å². The molecular formula is C12H10ClNO3S2. The zero-order chi connectivity index (χ0) is 14.0. The molecule has 4 nitrogen and oxygen atoms in total. The molecule has 0 fully saturated rings. The number of rotatable bonds is 3. The van der Waals surface area contributed by atoms with E-state index in [2.05, 4.69) is 0 Å². The van der Waals surface area contributed by atoms with Crippen molar-refractivity contribution in [2.75, 3.05) is 0 Å². The predicted molar refractivity (Wildman–Crippen MR) is 75.8 cm³/mol. The molecule has 1 aromatic carbocycles. The number of halogens is 1. The molecule has 100 valence electrons. The molecule has 19 heavy (non-hydrogen) atoms. The van der Waals surface area contributed by atoms with Crippen molar-refractivity contribution in [3.05, 3.63) is 41.4 Å². The van der Waals surface area contributed by atoms with Crippen LogP contribution in [-0.4, -0.2) is 14.3 Å². The van der Waals surface area contributed by atoms with E-state index in [-0.39, 0.29) is 4.21 Å². The van der Waals surface area contributed by atoms with E-state index in [0.29, 0.717) is 5.02 Å². The minimum absolute atomic E-state index is 0.104. The minimum Gasteiger partial charge on any atom is -0.274 e. The average Bonchev–Trinajstić information content (AvgIpc) is 2.78. The molecular weight excluding hydrogens is 306 g/mol. The van der Waals surface area contributed by atoms with Gasteiger partial charge in [0.15, 0.2) is 0 Å². The second-order valence-corrected chi connectivity index (χ2v) is 7.22. The Hall–Kier alpha value is -1.37. The van der Waals surface area contributed by atoms with Crippen molar-refractivity contribution in [3.8, 4) is 10.4 Å². The third-order valence-corrected chi connectivity index (χ3v) is 5.56. The highest BCUT2D eigenvalue weighted by molar-refractivity contribution is 7.92. The molecule has 2 rings (SSSR count). The fraction of sp³-hybridized carbons (Fsp3) is 0.0833. The van der Waals surface area contributed by atoms with Gasteiger partial charge in [0.05, 0.1) is 0 Å². The van der Waals surface area contributed by atoms with Gasteiger partial charge in [0.25, 0.3) is 10.0 Å². The summed E-state index contributed by atoms with van der Waals surface area (Å²) in [5, 5.41) is 0.617. The number of carbonyl (C=O) groups is 1. The third-order valence-electron chi connectivity index (χ3n) is 2.25. The molecule has 0 aliphatic carbocycles. The maximum Gasteiger partial charge on any atom is 0.273 e. The number of benzene rings is 1. The van der Waals surface area contributed by atoms with Crippen molar-refractivity contribution in [1.29, 1.82) is 0 Å². The number of thiophene rings is 1. The Balaban J connectivity index is 2.34. The van der Waals surface area contributed by atoms with Crippen molar-refractivity contribution < 1.29 is 13.2 Å². The first kappa shape index (κ1) is 14.0. The molecule has 0 saturated heterocycles. The number of carbonyl (C=O) groups excluding carboxylic acids is 1. The van der Waals surface area contributed by atoms with Crippen molar-refractivity contribution in [3.63, 3.8) is 0 Å². The maximum absolute atomic E-state index is 11.8. The average molecular weight is 316 g/mol. The van der Waals surface area contributed by atoms with Gasteiger partial charge in [-0.1, -0.05) is 23.7 Å². The molecule has 0 saturated carbocycles. The number of amides is 1. The second-order valence-electron chi connectivity index (χ2n) is 3.79. The Morgan fingerprint density at radius 2 is 1.79 bits per heavy atom. The lowest BCUT2D eigenvalue weighted by atomic mass is 10.2. The van der Waals surface area contributed by atoms with Gasteiger partial charge in [-0.15, -0.1) is 11.3 Å². The summed E-state index contributed by atoms with van der Waals surface area (Å²) in [6.07, 6.45) is 0. The summed E-state index contributed by atoms with van der Waals surface area (Å²) in [4.78, 5) is 11.6. The van der Waals surface area contributed by atoms with Crippen LogP contribution in [0.1, 0.15) is 6.92 Å². The van der Waals surface area contributed by atoms with E-state index in [9.17, 15) is 13.2 Å². The van der Waals surface area contributed by atoms with E-state index in [1.54, 1.807) is 18.2 Å². The topological polar surface area (TPSA) is 63.2 Å². The van der Waals surface area contributed by atoms with Crippen LogP contribution in [0.25, 0.3) is 10.4 Å². The first-order valence-electron chi connectivity index (χ1n) is 5.27. The van der Waals surface area contributed by atoms with E-state index in [1.165, 1.54) is 6.07 Å². The Labute approximate surface area is 120 Å². The van der Waals surface area contributed by atoms with Crippen LogP contribution in [0.2, 0.25) is 5.02 Å². The summed E-state index contributed by atoms with van der Waals surface area (Å²) in [5.74, 6) is -0.610. The van der Waals surface area contributed by atoms with Gasteiger partial charge >= 0.3 is 0 Å². The largest absolute Gasteiger partial charge is 0.274 e. The summed E-state index contributed by atoms with van der Waals surface area (Å²) < 4.78 is 25.6. The Morgan fingerprint density at radius 1 is 1.16 bits per heavy atom. The summed E-state index contributed by atoms with van der Waals surface area (Å²) >= 11 is 6.89. The molecule has 0 bridgehead atoms. The summed E-state index contributed by atoms with van der Waals surface area (Å²) in [7, 11) is -3.76. The molecule has 1 N–H and O–H groups in total. The predicted octanol–water partition coefficient (Wildman–Crippen LogP) is 2.89. The highest BCUT2D eigenvalue weighted by atomic mass is 35.5. The van der Waals surface area contributed by atoms with Crippen LogP contribution in [0, 0.1) is 0 Å².